The first-order chi connectivity index (χ1) is 10.8. The van der Waals surface area contributed by atoms with E-state index in [1.165, 1.54) is 30.4 Å². The van der Waals surface area contributed by atoms with Gasteiger partial charge in [0, 0.05) is 29.7 Å². The van der Waals surface area contributed by atoms with E-state index in [0.29, 0.717) is 11.4 Å². The third-order valence-electron chi connectivity index (χ3n) is 4.78. The lowest BCUT2D eigenvalue weighted by Crippen LogP contribution is -2.30. The van der Waals surface area contributed by atoms with Gasteiger partial charge in [-0.1, -0.05) is 43.5 Å². The molecule has 4 heteroatoms. The molecule has 0 atom stereocenters. The van der Waals surface area contributed by atoms with Crippen LogP contribution in [0.1, 0.15) is 43.2 Å². The van der Waals surface area contributed by atoms with Crippen LogP contribution in [0.5, 0.6) is 0 Å². The van der Waals surface area contributed by atoms with E-state index in [1.54, 1.807) is 0 Å². The van der Waals surface area contributed by atoms with Crippen LogP contribution in [-0.2, 0) is 5.41 Å². The Kier molecular flexibility index (Phi) is 3.85. The van der Waals surface area contributed by atoms with Crippen LogP contribution < -0.4 is 0 Å². The first-order valence-corrected chi connectivity index (χ1v) is 7.70. The molecule has 22 heavy (non-hydrogen) atoms. The Morgan fingerprint density at radius 3 is 1.41 bits per heavy atom. The van der Waals surface area contributed by atoms with Gasteiger partial charge in [-0.05, 0) is 24.0 Å². The van der Waals surface area contributed by atoms with Crippen molar-refractivity contribution < 1.29 is 0 Å². The summed E-state index contributed by atoms with van der Waals surface area (Å²) in [5, 5.41) is 17.7. The summed E-state index contributed by atoms with van der Waals surface area (Å²) in [7, 11) is 0. The zero-order valence-corrected chi connectivity index (χ0v) is 12.4. The van der Waals surface area contributed by atoms with E-state index in [-0.39, 0.29) is 5.41 Å². The molecular weight excluding hydrogens is 272 g/mol. The second-order valence-electron chi connectivity index (χ2n) is 5.94. The molecule has 0 heterocycles. The maximum atomic E-state index is 8.87. The number of benzene rings is 2. The predicted molar refractivity (Wildman–Crippen MR) is 86.2 cm³/mol. The lowest BCUT2D eigenvalue weighted by molar-refractivity contribution is 0.346. The van der Waals surface area contributed by atoms with Gasteiger partial charge in [0.1, 0.15) is 0 Å². The molecule has 0 aliphatic heterocycles. The van der Waals surface area contributed by atoms with Crippen LogP contribution >= 0.6 is 0 Å². The van der Waals surface area contributed by atoms with E-state index < -0.39 is 0 Å². The highest BCUT2D eigenvalue weighted by Crippen LogP contribution is 2.45. The first-order valence-electron chi connectivity index (χ1n) is 7.70. The minimum atomic E-state index is 0.000220. The van der Waals surface area contributed by atoms with Gasteiger partial charge in [0.25, 0.3) is 0 Å². The average Bonchev–Trinajstić information content (AvgIpc) is 2.62. The molecule has 0 unspecified atom stereocenters. The highest BCUT2D eigenvalue weighted by molar-refractivity contribution is 5.52. The molecule has 0 saturated heterocycles. The van der Waals surface area contributed by atoms with Crippen molar-refractivity contribution in [2.24, 2.45) is 0 Å². The van der Waals surface area contributed by atoms with Gasteiger partial charge in [-0.2, -0.15) is 0 Å². The summed E-state index contributed by atoms with van der Waals surface area (Å²) in [6, 6.07) is 15.6. The van der Waals surface area contributed by atoms with Gasteiger partial charge >= 0.3 is 11.4 Å². The number of rotatable bonds is 2. The van der Waals surface area contributed by atoms with Crippen LogP contribution in [0.15, 0.2) is 48.5 Å². The second kappa shape index (κ2) is 5.95. The van der Waals surface area contributed by atoms with E-state index >= 15 is 0 Å². The van der Waals surface area contributed by atoms with Gasteiger partial charge in [0.2, 0.25) is 10.8 Å². The predicted octanol–water partition coefficient (Wildman–Crippen LogP) is 5.91. The van der Waals surface area contributed by atoms with Crippen LogP contribution in [0.25, 0.3) is 9.95 Å². The van der Waals surface area contributed by atoms with Gasteiger partial charge in [0.15, 0.2) is 9.95 Å². The van der Waals surface area contributed by atoms with Crippen molar-refractivity contribution in [1.29, 1.82) is 10.8 Å². The van der Waals surface area contributed by atoms with E-state index in [1.807, 2.05) is 24.3 Å². The maximum Gasteiger partial charge on any atom is 0.385 e. The van der Waals surface area contributed by atoms with Crippen molar-refractivity contribution in [2.75, 3.05) is 0 Å². The Hall–Kier alpha value is -2.72. The van der Waals surface area contributed by atoms with E-state index in [4.69, 9.17) is 10.8 Å². The third-order valence-corrected chi connectivity index (χ3v) is 4.78. The molecular formula is C18H18N4+2. The van der Waals surface area contributed by atoms with Crippen LogP contribution in [0.2, 0.25) is 0 Å². The van der Waals surface area contributed by atoms with E-state index in [2.05, 4.69) is 34.2 Å². The number of hydrogen-bond donors (Lipinski definition) is 0. The monoisotopic (exact) mass is 290 g/mol. The fourth-order valence-electron chi connectivity index (χ4n) is 3.59. The zero-order valence-electron chi connectivity index (χ0n) is 12.4. The lowest BCUT2D eigenvalue weighted by Gasteiger charge is -2.38. The fraction of sp³-hybridized carbons (Fsp3) is 0.333. The van der Waals surface area contributed by atoms with Crippen LogP contribution in [0, 0.1) is 10.8 Å². The summed E-state index contributed by atoms with van der Waals surface area (Å²) < 4.78 is 0. The molecule has 1 aliphatic carbocycles. The third kappa shape index (κ3) is 2.44. The molecule has 2 aromatic carbocycles. The first kappa shape index (κ1) is 14.2. The van der Waals surface area contributed by atoms with Gasteiger partial charge in [-0.25, -0.2) is 0 Å². The van der Waals surface area contributed by atoms with Gasteiger partial charge in [-0.15, -0.1) is 0 Å². The summed E-state index contributed by atoms with van der Waals surface area (Å²) in [6.07, 6.45) is 5.91. The number of nitrogens with zero attached hydrogens (tertiary/aromatic N) is 4. The molecule has 0 amide bonds. The van der Waals surface area contributed by atoms with Crippen molar-refractivity contribution in [3.8, 4) is 0 Å². The normalized spacial score (nSPS) is 16.5. The zero-order chi connectivity index (χ0) is 15.4. The van der Waals surface area contributed by atoms with E-state index in [9.17, 15) is 0 Å². The summed E-state index contributed by atoms with van der Waals surface area (Å²) in [6.45, 7) is 0. The van der Waals surface area contributed by atoms with Gasteiger partial charge in [-0.3, -0.25) is 0 Å². The van der Waals surface area contributed by atoms with Crippen LogP contribution in [-0.4, -0.2) is 0 Å². The van der Waals surface area contributed by atoms with Crippen molar-refractivity contribution in [3.63, 3.8) is 0 Å². The Morgan fingerprint density at radius 1 is 0.636 bits per heavy atom. The summed E-state index contributed by atoms with van der Waals surface area (Å²) in [5.74, 6) is 0. The largest absolute Gasteiger partial charge is 0.385 e. The minimum Gasteiger partial charge on any atom is -0.0532 e. The van der Waals surface area contributed by atoms with E-state index in [0.717, 1.165) is 12.8 Å². The summed E-state index contributed by atoms with van der Waals surface area (Å²) in [4.78, 5) is 6.47. The number of diazo groups is 2. The minimum absolute atomic E-state index is 0.000220. The molecule has 0 bridgehead atoms. The Morgan fingerprint density at radius 2 is 1.05 bits per heavy atom. The molecule has 2 aromatic rings. The van der Waals surface area contributed by atoms with Gasteiger partial charge < -0.3 is 0 Å². The topological polar surface area (TPSA) is 56.3 Å². The Balaban J connectivity index is 2.07. The highest BCUT2D eigenvalue weighted by Gasteiger charge is 2.36. The number of hydrogen-bond acceptors (Lipinski definition) is 2. The van der Waals surface area contributed by atoms with Crippen molar-refractivity contribution in [2.45, 2.75) is 37.5 Å². The quantitative estimate of drug-likeness (QED) is 0.646. The molecule has 3 rings (SSSR count). The molecule has 1 fully saturated rings. The molecule has 4 nitrogen and oxygen atoms in total. The highest BCUT2D eigenvalue weighted by atomic mass is 14.8. The van der Waals surface area contributed by atoms with Crippen molar-refractivity contribution in [1.82, 2.24) is 0 Å². The SMILES string of the molecule is N#[N+]c1ccc(C2(c3ccc([N+]#N)cc3)CCCCC2)cc1. The summed E-state index contributed by atoms with van der Waals surface area (Å²) >= 11 is 0. The molecule has 0 spiro atoms. The molecule has 0 radical (unpaired) electrons. The molecule has 1 saturated carbocycles. The second-order valence-corrected chi connectivity index (χ2v) is 5.94. The smallest absolute Gasteiger partial charge is 0.0532 e. The van der Waals surface area contributed by atoms with Crippen LogP contribution in [0.3, 0.4) is 0 Å². The molecule has 108 valence electrons. The van der Waals surface area contributed by atoms with Crippen LogP contribution in [0.4, 0.5) is 11.4 Å². The average molecular weight is 290 g/mol. The van der Waals surface area contributed by atoms with Crippen molar-refractivity contribution in [3.05, 3.63) is 69.6 Å². The van der Waals surface area contributed by atoms with Gasteiger partial charge in [0.05, 0.1) is 0 Å². The standard InChI is InChI=1S/C18H18N4/c19-21-16-8-4-14(5-9-16)18(12-2-1-3-13-18)15-6-10-17(22-20)11-7-15/h4-11H,1-3,12-13H2/q+2. The van der Waals surface area contributed by atoms with Crippen molar-refractivity contribution >= 4 is 11.4 Å². The molecule has 0 N–H and O–H groups in total. The maximum absolute atomic E-state index is 8.87. The Labute approximate surface area is 130 Å². The molecule has 0 aromatic heterocycles. The lowest BCUT2D eigenvalue weighted by atomic mass is 9.65. The molecule has 1 aliphatic rings. The summed E-state index contributed by atoms with van der Waals surface area (Å²) in [5.41, 5.74) is 3.66. The Bertz CT molecular complexity index is 667. The fourth-order valence-corrected chi connectivity index (χ4v) is 3.59.